The highest BCUT2D eigenvalue weighted by Crippen LogP contribution is 2.43. The average Bonchev–Trinajstić information content (AvgIpc) is 2.69. The second-order valence-electron chi connectivity index (χ2n) is 6.87. The van der Waals surface area contributed by atoms with E-state index in [4.69, 9.17) is 4.74 Å². The summed E-state index contributed by atoms with van der Waals surface area (Å²) in [7, 11) is 1.60. The molecule has 0 radical (unpaired) electrons. The monoisotopic (exact) mass is 365 g/mol. The van der Waals surface area contributed by atoms with Crippen LogP contribution >= 0.6 is 0 Å². The van der Waals surface area contributed by atoms with E-state index in [2.05, 4.69) is 0 Å². The summed E-state index contributed by atoms with van der Waals surface area (Å²) in [5, 5.41) is 0. The lowest BCUT2D eigenvalue weighted by Gasteiger charge is -2.38. The summed E-state index contributed by atoms with van der Waals surface area (Å²) in [6.45, 7) is 0. The first kappa shape index (κ1) is 17.5. The minimum Gasteiger partial charge on any atom is -0.497 e. The minimum absolute atomic E-state index is 0.0733. The molecule has 0 aromatic heterocycles. The van der Waals surface area contributed by atoms with Crippen LogP contribution in [-0.4, -0.2) is 18.8 Å². The Hall–Kier alpha value is -2.95. The van der Waals surface area contributed by atoms with Crippen molar-refractivity contribution in [3.8, 4) is 5.75 Å². The maximum absolute atomic E-state index is 13.3. The van der Waals surface area contributed by atoms with Gasteiger partial charge in [-0.25, -0.2) is 4.39 Å². The number of ether oxygens (including phenoxy) is 1. The van der Waals surface area contributed by atoms with Gasteiger partial charge in [-0.05, 0) is 54.8 Å². The molecule has 5 heteroatoms. The zero-order chi connectivity index (χ0) is 19.0. The van der Waals surface area contributed by atoms with Crippen molar-refractivity contribution < 1.29 is 18.7 Å². The number of anilines is 1. The minimum atomic E-state index is -0.353. The van der Waals surface area contributed by atoms with E-state index >= 15 is 0 Å². The van der Waals surface area contributed by atoms with Gasteiger partial charge in [-0.3, -0.25) is 14.5 Å². The van der Waals surface area contributed by atoms with Gasteiger partial charge >= 0.3 is 0 Å². The average molecular weight is 365 g/mol. The van der Waals surface area contributed by atoms with Gasteiger partial charge in [0.15, 0.2) is 5.78 Å². The highest BCUT2D eigenvalue weighted by molar-refractivity contribution is 6.07. The van der Waals surface area contributed by atoms with Gasteiger partial charge in [0.25, 0.3) is 0 Å². The Morgan fingerprint density at radius 1 is 1.00 bits per heavy atom. The van der Waals surface area contributed by atoms with Crippen LogP contribution in [0.1, 0.15) is 37.2 Å². The van der Waals surface area contributed by atoms with Gasteiger partial charge in [0, 0.05) is 35.7 Å². The SMILES string of the molecule is COc1ccc(C2CC(=O)N(c3ccc(F)cc3)C3=C2C(=O)CCC3)cc1. The fourth-order valence-corrected chi connectivity index (χ4v) is 4.00. The molecular formula is C22H20FNO3. The first-order chi connectivity index (χ1) is 13.1. The quantitative estimate of drug-likeness (QED) is 0.812. The number of Topliss-reactive ketones (excluding diaryl/α,β-unsaturated/α-hetero) is 1. The molecule has 2 aromatic carbocycles. The summed E-state index contributed by atoms with van der Waals surface area (Å²) < 4.78 is 18.5. The van der Waals surface area contributed by atoms with Crippen molar-refractivity contribution in [2.75, 3.05) is 12.0 Å². The van der Waals surface area contributed by atoms with Crippen LogP contribution in [0, 0.1) is 5.82 Å². The highest BCUT2D eigenvalue weighted by atomic mass is 19.1. The fraction of sp³-hybridized carbons (Fsp3) is 0.273. The van der Waals surface area contributed by atoms with Crippen LogP contribution in [0.2, 0.25) is 0 Å². The third-order valence-electron chi connectivity index (χ3n) is 5.28. The highest BCUT2D eigenvalue weighted by Gasteiger charge is 2.39. The smallest absolute Gasteiger partial charge is 0.232 e. The van der Waals surface area contributed by atoms with Crippen LogP contribution in [0.5, 0.6) is 5.75 Å². The first-order valence-electron chi connectivity index (χ1n) is 9.07. The van der Waals surface area contributed by atoms with Crippen LogP contribution < -0.4 is 9.64 Å². The van der Waals surface area contributed by atoms with Gasteiger partial charge < -0.3 is 4.74 Å². The zero-order valence-corrected chi connectivity index (χ0v) is 15.1. The number of rotatable bonds is 3. The molecule has 1 unspecified atom stereocenters. The number of benzene rings is 2. The summed E-state index contributed by atoms with van der Waals surface area (Å²) in [4.78, 5) is 27.4. The third kappa shape index (κ3) is 3.14. The Labute approximate surface area is 157 Å². The van der Waals surface area contributed by atoms with Crippen molar-refractivity contribution in [2.24, 2.45) is 0 Å². The molecule has 1 aliphatic heterocycles. The summed E-state index contributed by atoms with van der Waals surface area (Å²) in [6, 6.07) is 13.4. The topological polar surface area (TPSA) is 46.6 Å². The van der Waals surface area contributed by atoms with Crippen LogP contribution in [0.3, 0.4) is 0 Å². The number of methoxy groups -OCH3 is 1. The molecule has 0 saturated heterocycles. The second kappa shape index (κ2) is 6.99. The van der Waals surface area contributed by atoms with Crippen LogP contribution in [-0.2, 0) is 9.59 Å². The Balaban J connectivity index is 1.81. The fourth-order valence-electron chi connectivity index (χ4n) is 4.00. The molecule has 0 fully saturated rings. The molecule has 1 atom stereocenters. The van der Waals surface area contributed by atoms with Crippen molar-refractivity contribution in [1.82, 2.24) is 0 Å². The van der Waals surface area contributed by atoms with Crippen molar-refractivity contribution in [2.45, 2.75) is 31.6 Å². The van der Waals surface area contributed by atoms with Gasteiger partial charge in [-0.2, -0.15) is 0 Å². The molecule has 1 aliphatic carbocycles. The number of carbonyl (C=O) groups excluding carboxylic acids is 2. The number of carbonyl (C=O) groups is 2. The molecule has 0 bridgehead atoms. The molecule has 2 aromatic rings. The maximum Gasteiger partial charge on any atom is 0.232 e. The summed E-state index contributed by atoms with van der Waals surface area (Å²) >= 11 is 0. The van der Waals surface area contributed by atoms with Crippen LogP contribution in [0.4, 0.5) is 10.1 Å². The maximum atomic E-state index is 13.3. The summed E-state index contributed by atoms with van der Waals surface area (Å²) in [5.74, 6) is 0.154. The molecule has 0 spiro atoms. The van der Waals surface area contributed by atoms with Gasteiger partial charge in [-0.15, -0.1) is 0 Å². The van der Waals surface area contributed by atoms with Crippen molar-refractivity contribution in [3.63, 3.8) is 0 Å². The number of nitrogens with zero attached hydrogens (tertiary/aromatic N) is 1. The number of hydrogen-bond acceptors (Lipinski definition) is 3. The Kier molecular flexibility index (Phi) is 4.52. The summed E-state index contributed by atoms with van der Waals surface area (Å²) in [6.07, 6.45) is 2.10. The lowest BCUT2D eigenvalue weighted by Crippen LogP contribution is -2.40. The van der Waals surface area contributed by atoms with Crippen LogP contribution in [0.25, 0.3) is 0 Å². The Morgan fingerprint density at radius 2 is 1.70 bits per heavy atom. The molecule has 1 heterocycles. The molecule has 0 N–H and O–H groups in total. The number of amides is 1. The lowest BCUT2D eigenvalue weighted by atomic mass is 9.77. The van der Waals surface area contributed by atoms with Gasteiger partial charge in [-0.1, -0.05) is 12.1 Å². The number of hydrogen-bond donors (Lipinski definition) is 0. The second-order valence-corrected chi connectivity index (χ2v) is 6.87. The van der Waals surface area contributed by atoms with E-state index in [0.717, 1.165) is 29.0 Å². The summed E-state index contributed by atoms with van der Waals surface area (Å²) in [5.41, 5.74) is 3.02. The molecule has 27 heavy (non-hydrogen) atoms. The molecule has 2 aliphatic rings. The number of ketones is 1. The van der Waals surface area contributed by atoms with E-state index in [-0.39, 0.29) is 29.8 Å². The van der Waals surface area contributed by atoms with E-state index in [1.54, 1.807) is 24.1 Å². The molecule has 4 nitrogen and oxygen atoms in total. The standard InChI is InChI=1S/C22H20FNO3/c1-27-17-11-5-14(6-12-17)18-13-21(26)24(16-9-7-15(23)8-10-16)19-3-2-4-20(25)22(18)19/h5-12,18H,2-4,13H2,1H3. The predicted molar refractivity (Wildman–Crippen MR) is 100 cm³/mol. The van der Waals surface area contributed by atoms with Gasteiger partial charge in [0.2, 0.25) is 5.91 Å². The normalized spacial score (nSPS) is 19.9. The molecule has 4 rings (SSSR count). The van der Waals surface area contributed by atoms with Crippen molar-refractivity contribution in [1.29, 1.82) is 0 Å². The van der Waals surface area contributed by atoms with Gasteiger partial charge in [0.05, 0.1) is 7.11 Å². The van der Waals surface area contributed by atoms with Crippen molar-refractivity contribution >= 4 is 17.4 Å². The molecule has 138 valence electrons. The molecule has 0 saturated carbocycles. The number of allylic oxidation sites excluding steroid dienone is 2. The lowest BCUT2D eigenvalue weighted by molar-refractivity contribution is -0.119. The Bertz CT molecular complexity index is 916. The van der Waals surface area contributed by atoms with Gasteiger partial charge in [0.1, 0.15) is 11.6 Å². The van der Waals surface area contributed by atoms with Crippen molar-refractivity contribution in [3.05, 3.63) is 71.2 Å². The van der Waals surface area contributed by atoms with E-state index in [1.165, 1.54) is 12.1 Å². The Morgan fingerprint density at radius 3 is 2.37 bits per heavy atom. The number of halogens is 1. The van der Waals surface area contributed by atoms with E-state index in [9.17, 15) is 14.0 Å². The largest absolute Gasteiger partial charge is 0.497 e. The zero-order valence-electron chi connectivity index (χ0n) is 15.1. The molecular weight excluding hydrogens is 345 g/mol. The molecule has 1 amide bonds. The third-order valence-corrected chi connectivity index (χ3v) is 5.28. The van der Waals surface area contributed by atoms with E-state index < -0.39 is 0 Å². The van der Waals surface area contributed by atoms with E-state index in [0.29, 0.717) is 18.5 Å². The first-order valence-corrected chi connectivity index (χ1v) is 9.07. The van der Waals surface area contributed by atoms with Crippen LogP contribution in [0.15, 0.2) is 59.8 Å². The predicted octanol–water partition coefficient (Wildman–Crippen LogP) is 4.36. The van der Waals surface area contributed by atoms with E-state index in [1.807, 2.05) is 24.3 Å².